The lowest BCUT2D eigenvalue weighted by Gasteiger charge is -2.09. The van der Waals surface area contributed by atoms with Gasteiger partial charge in [0.25, 0.3) is 0 Å². The van der Waals surface area contributed by atoms with Gasteiger partial charge in [0.05, 0.1) is 21.5 Å². The lowest BCUT2D eigenvalue weighted by atomic mass is 10.1. The van der Waals surface area contributed by atoms with Gasteiger partial charge in [-0.3, -0.25) is 4.79 Å². The number of hydrogen-bond donors (Lipinski definition) is 1. The van der Waals surface area contributed by atoms with Crippen LogP contribution < -0.4 is 5.32 Å². The first-order valence-electron chi connectivity index (χ1n) is 7.93. The van der Waals surface area contributed by atoms with E-state index in [4.69, 9.17) is 0 Å². The number of amides is 1. The first-order chi connectivity index (χ1) is 12.0. The molecule has 0 saturated heterocycles. The van der Waals surface area contributed by atoms with Crippen LogP contribution in [0.3, 0.4) is 0 Å². The van der Waals surface area contributed by atoms with Crippen molar-refractivity contribution in [2.45, 2.75) is 35.3 Å². The lowest BCUT2D eigenvalue weighted by molar-refractivity contribution is -0.115. The minimum Gasteiger partial charge on any atom is -0.326 e. The third-order valence-electron chi connectivity index (χ3n) is 3.80. The van der Waals surface area contributed by atoms with Gasteiger partial charge in [0, 0.05) is 11.9 Å². The van der Waals surface area contributed by atoms with Gasteiger partial charge in [0.15, 0.2) is 19.7 Å². The molecule has 6 nitrogen and oxygen atoms in total. The highest BCUT2D eigenvalue weighted by molar-refractivity contribution is 7.92. The maximum atomic E-state index is 12.1. The van der Waals surface area contributed by atoms with Crippen LogP contribution in [0.5, 0.6) is 0 Å². The second kappa shape index (κ2) is 7.59. The fourth-order valence-electron chi connectivity index (χ4n) is 2.25. The minimum atomic E-state index is -3.34. The summed E-state index contributed by atoms with van der Waals surface area (Å²) in [7, 11) is -6.62. The fraction of sp³-hybridized carbons (Fsp3) is 0.278. The van der Waals surface area contributed by atoms with E-state index in [1.165, 1.54) is 36.4 Å². The molecule has 0 atom stereocenters. The van der Waals surface area contributed by atoms with Crippen molar-refractivity contribution in [1.82, 2.24) is 0 Å². The summed E-state index contributed by atoms with van der Waals surface area (Å²) in [5.74, 6) is -0.281. The Labute approximate surface area is 154 Å². The molecule has 140 valence electrons. The van der Waals surface area contributed by atoms with Crippen LogP contribution in [0.2, 0.25) is 0 Å². The Bertz CT molecular complexity index is 991. The van der Waals surface area contributed by atoms with E-state index < -0.39 is 24.9 Å². The van der Waals surface area contributed by atoms with E-state index in [2.05, 4.69) is 5.32 Å². The Morgan fingerprint density at radius 1 is 0.885 bits per heavy atom. The molecule has 2 aromatic rings. The maximum absolute atomic E-state index is 12.1. The number of benzene rings is 2. The molecule has 0 heterocycles. The highest BCUT2D eigenvalue weighted by Gasteiger charge is 2.18. The van der Waals surface area contributed by atoms with Gasteiger partial charge in [-0.25, -0.2) is 16.8 Å². The monoisotopic (exact) mass is 395 g/mol. The summed E-state index contributed by atoms with van der Waals surface area (Å²) in [4.78, 5) is 12.5. The van der Waals surface area contributed by atoms with E-state index in [9.17, 15) is 21.6 Å². The van der Waals surface area contributed by atoms with Crippen molar-refractivity contribution in [2.24, 2.45) is 0 Å². The molecule has 0 fully saturated rings. The van der Waals surface area contributed by atoms with E-state index in [0.717, 1.165) is 6.26 Å². The summed E-state index contributed by atoms with van der Waals surface area (Å²) >= 11 is 0. The van der Waals surface area contributed by atoms with Gasteiger partial charge >= 0.3 is 0 Å². The van der Waals surface area contributed by atoms with Crippen molar-refractivity contribution in [2.75, 3.05) is 11.6 Å². The van der Waals surface area contributed by atoms with E-state index in [1.807, 2.05) is 0 Å². The normalized spacial score (nSPS) is 12.2. The summed E-state index contributed by atoms with van der Waals surface area (Å²) in [6.07, 6.45) is 1.19. The highest BCUT2D eigenvalue weighted by Crippen LogP contribution is 2.18. The maximum Gasteiger partial charge on any atom is 0.228 e. The molecule has 2 rings (SSSR count). The average Bonchev–Trinajstić information content (AvgIpc) is 2.54. The van der Waals surface area contributed by atoms with E-state index >= 15 is 0 Å². The molecule has 1 N–H and O–H groups in total. The number of anilines is 1. The fourth-order valence-corrected chi connectivity index (χ4v) is 3.94. The zero-order valence-corrected chi connectivity index (χ0v) is 16.4. The molecule has 0 aliphatic heterocycles. The van der Waals surface area contributed by atoms with Crippen LogP contribution in [0.15, 0.2) is 58.3 Å². The van der Waals surface area contributed by atoms with Crippen LogP contribution >= 0.6 is 0 Å². The standard InChI is InChI=1S/C18H21NO5S2/c1-13(2)26(23,24)17-8-4-14(5-9-17)12-18(20)19-15-6-10-16(11-7-15)25(3,21)22/h4-11,13H,12H2,1-3H3,(H,19,20). The second-order valence-corrected chi connectivity index (χ2v) is 10.8. The number of carbonyl (C=O) groups is 1. The van der Waals surface area contributed by atoms with Crippen molar-refractivity contribution in [1.29, 1.82) is 0 Å². The molecule has 8 heteroatoms. The highest BCUT2D eigenvalue weighted by atomic mass is 32.2. The summed E-state index contributed by atoms with van der Waals surface area (Å²) in [5.41, 5.74) is 1.17. The van der Waals surface area contributed by atoms with Gasteiger partial charge in [-0.2, -0.15) is 0 Å². The first-order valence-corrected chi connectivity index (χ1v) is 11.4. The van der Waals surface area contributed by atoms with Gasteiger partial charge < -0.3 is 5.32 Å². The van der Waals surface area contributed by atoms with Crippen molar-refractivity contribution in [3.05, 3.63) is 54.1 Å². The van der Waals surface area contributed by atoms with Gasteiger partial charge in [0.1, 0.15) is 0 Å². The quantitative estimate of drug-likeness (QED) is 0.810. The molecule has 26 heavy (non-hydrogen) atoms. The smallest absolute Gasteiger partial charge is 0.228 e. The Morgan fingerprint density at radius 3 is 1.85 bits per heavy atom. The zero-order chi connectivity index (χ0) is 19.5. The Hall–Kier alpha value is -2.19. The Kier molecular flexibility index (Phi) is 5.87. The van der Waals surface area contributed by atoms with Crippen molar-refractivity contribution in [3.63, 3.8) is 0 Å². The summed E-state index contributed by atoms with van der Waals surface area (Å²) < 4.78 is 47.0. The number of sulfone groups is 2. The molecule has 0 unspecified atom stereocenters. The van der Waals surface area contributed by atoms with Gasteiger partial charge in [-0.05, 0) is 55.8 Å². The first kappa shape index (κ1) is 20.1. The molecule has 0 aliphatic rings. The third kappa shape index (κ3) is 4.92. The molecule has 0 spiro atoms. The molecule has 0 saturated carbocycles. The van der Waals surface area contributed by atoms with E-state index in [1.54, 1.807) is 26.0 Å². The summed E-state index contributed by atoms with van der Waals surface area (Å²) in [6, 6.07) is 12.1. The Balaban J connectivity index is 2.04. The molecule has 0 aromatic heterocycles. The number of carbonyl (C=O) groups excluding carboxylic acids is 1. The average molecular weight is 396 g/mol. The molecule has 0 aliphatic carbocycles. The van der Waals surface area contributed by atoms with E-state index in [0.29, 0.717) is 11.3 Å². The van der Waals surface area contributed by atoms with E-state index in [-0.39, 0.29) is 22.1 Å². The SMILES string of the molecule is CC(C)S(=O)(=O)c1ccc(CC(=O)Nc2ccc(S(C)(=O)=O)cc2)cc1. The second-order valence-electron chi connectivity index (χ2n) is 6.26. The topological polar surface area (TPSA) is 97.4 Å². The van der Waals surface area contributed by atoms with Crippen LogP contribution in [-0.4, -0.2) is 34.2 Å². The molecule has 1 amide bonds. The number of nitrogens with one attached hydrogen (secondary N) is 1. The van der Waals surface area contributed by atoms with Crippen LogP contribution in [0, 0.1) is 0 Å². The van der Waals surface area contributed by atoms with Crippen LogP contribution in [0.4, 0.5) is 5.69 Å². The van der Waals surface area contributed by atoms with Gasteiger partial charge in [-0.1, -0.05) is 12.1 Å². The summed E-state index contributed by atoms with van der Waals surface area (Å²) in [6.45, 7) is 3.23. The van der Waals surface area contributed by atoms with Gasteiger partial charge in [-0.15, -0.1) is 0 Å². The van der Waals surface area contributed by atoms with Crippen molar-refractivity contribution < 1.29 is 21.6 Å². The molecule has 2 aromatic carbocycles. The predicted octanol–water partition coefficient (Wildman–Crippen LogP) is 2.45. The largest absolute Gasteiger partial charge is 0.326 e. The molecule has 0 radical (unpaired) electrons. The van der Waals surface area contributed by atoms with Gasteiger partial charge in [0.2, 0.25) is 5.91 Å². The molecular formula is C18H21NO5S2. The van der Waals surface area contributed by atoms with Crippen LogP contribution in [0.1, 0.15) is 19.4 Å². The van der Waals surface area contributed by atoms with Crippen LogP contribution in [0.25, 0.3) is 0 Å². The number of rotatable bonds is 6. The number of hydrogen-bond acceptors (Lipinski definition) is 5. The van der Waals surface area contributed by atoms with Crippen LogP contribution in [-0.2, 0) is 30.9 Å². The Morgan fingerprint density at radius 2 is 1.38 bits per heavy atom. The van der Waals surface area contributed by atoms with Crippen molar-refractivity contribution in [3.8, 4) is 0 Å². The van der Waals surface area contributed by atoms with Crippen molar-refractivity contribution >= 4 is 31.3 Å². The lowest BCUT2D eigenvalue weighted by Crippen LogP contribution is -2.15. The zero-order valence-electron chi connectivity index (χ0n) is 14.8. The predicted molar refractivity (Wildman–Crippen MR) is 101 cm³/mol. The third-order valence-corrected chi connectivity index (χ3v) is 7.10. The summed E-state index contributed by atoms with van der Waals surface area (Å²) in [5, 5.41) is 2.17. The minimum absolute atomic E-state index is 0.0792. The molecular weight excluding hydrogens is 374 g/mol. The molecule has 0 bridgehead atoms.